The van der Waals surface area contributed by atoms with Crippen LogP contribution in [-0.4, -0.2) is 30.6 Å². The molecule has 0 saturated heterocycles. The fourth-order valence-electron chi connectivity index (χ4n) is 2.07. The van der Waals surface area contributed by atoms with Crippen LogP contribution in [0.1, 0.15) is 22.1 Å². The highest BCUT2D eigenvalue weighted by Crippen LogP contribution is 2.17. The van der Waals surface area contributed by atoms with Crippen LogP contribution in [0.2, 0.25) is 0 Å². The van der Waals surface area contributed by atoms with Crippen LogP contribution < -0.4 is 5.73 Å². The van der Waals surface area contributed by atoms with Gasteiger partial charge in [-0.3, -0.25) is 9.48 Å². The van der Waals surface area contributed by atoms with Gasteiger partial charge in [-0.25, -0.2) is 4.68 Å². The molecule has 3 aromatic rings. The zero-order valence-electron chi connectivity index (χ0n) is 11.4. The summed E-state index contributed by atoms with van der Waals surface area (Å²) in [6, 6.07) is 8.53. The Kier molecular flexibility index (Phi) is 3.33. The number of nitrogens with zero attached hydrogens (tertiary/aromatic N) is 5. The predicted molar refractivity (Wildman–Crippen MR) is 75.8 cm³/mol. The maximum absolute atomic E-state index is 12.5. The van der Waals surface area contributed by atoms with Crippen molar-refractivity contribution >= 4 is 5.78 Å². The molecule has 2 heterocycles. The molecule has 0 radical (unpaired) electrons. The number of hydrogen-bond acceptors (Lipinski definition) is 5. The van der Waals surface area contributed by atoms with E-state index in [9.17, 15) is 4.79 Å². The first-order valence-electron chi connectivity index (χ1n) is 6.41. The molecule has 0 spiro atoms. The highest BCUT2D eigenvalue weighted by atomic mass is 16.1. The van der Waals surface area contributed by atoms with Gasteiger partial charge in [-0.1, -0.05) is 23.4 Å². The third-order valence-electron chi connectivity index (χ3n) is 3.17. The molecule has 0 saturated carbocycles. The van der Waals surface area contributed by atoms with Crippen molar-refractivity contribution in [3.8, 4) is 5.69 Å². The first kappa shape index (κ1) is 13.2. The fraction of sp³-hybridized carbons (Fsp3) is 0.143. The Morgan fingerprint density at radius 1 is 1.24 bits per heavy atom. The standard InChI is InChI=1S/C14H14N6O/c1-19-9-10(7-17-19)13(15)14(21)12-8-16-18-20(12)11-5-3-2-4-6-11/h2-9,13H,15H2,1H3. The lowest BCUT2D eigenvalue weighted by Crippen LogP contribution is -2.23. The average Bonchev–Trinajstić information content (AvgIpc) is 3.15. The number of benzene rings is 1. The summed E-state index contributed by atoms with van der Waals surface area (Å²) >= 11 is 0. The van der Waals surface area contributed by atoms with Gasteiger partial charge in [0.2, 0.25) is 5.78 Å². The molecule has 0 bridgehead atoms. The van der Waals surface area contributed by atoms with Gasteiger partial charge in [0.15, 0.2) is 0 Å². The number of aryl methyl sites for hydroxylation is 1. The zero-order valence-corrected chi connectivity index (χ0v) is 11.4. The van der Waals surface area contributed by atoms with Crippen molar-refractivity contribution < 1.29 is 4.79 Å². The van der Waals surface area contributed by atoms with Gasteiger partial charge in [0.25, 0.3) is 0 Å². The van der Waals surface area contributed by atoms with Gasteiger partial charge in [0.1, 0.15) is 5.69 Å². The number of ketones is 1. The quantitative estimate of drug-likeness (QED) is 0.717. The molecule has 7 heteroatoms. The first-order chi connectivity index (χ1) is 10.2. The van der Waals surface area contributed by atoms with Crippen LogP contribution in [0.4, 0.5) is 0 Å². The number of rotatable bonds is 4. The largest absolute Gasteiger partial charge is 0.317 e. The lowest BCUT2D eigenvalue weighted by Gasteiger charge is -2.09. The van der Waals surface area contributed by atoms with Gasteiger partial charge in [0, 0.05) is 18.8 Å². The Hall–Kier alpha value is -2.80. The van der Waals surface area contributed by atoms with Crippen molar-refractivity contribution in [3.05, 3.63) is 60.2 Å². The summed E-state index contributed by atoms with van der Waals surface area (Å²) in [4.78, 5) is 12.5. The third kappa shape index (κ3) is 2.46. The number of nitrogens with two attached hydrogens (primary N) is 1. The van der Waals surface area contributed by atoms with E-state index in [1.807, 2.05) is 30.3 Å². The van der Waals surface area contributed by atoms with Gasteiger partial charge in [-0.2, -0.15) is 5.10 Å². The lowest BCUT2D eigenvalue weighted by atomic mass is 10.1. The summed E-state index contributed by atoms with van der Waals surface area (Å²) in [5.74, 6) is -0.253. The molecule has 106 valence electrons. The molecule has 7 nitrogen and oxygen atoms in total. The SMILES string of the molecule is Cn1cc(C(N)C(=O)c2cnnn2-c2ccccc2)cn1. The maximum atomic E-state index is 12.5. The number of carbonyl (C=O) groups is 1. The second-order valence-corrected chi connectivity index (χ2v) is 4.66. The lowest BCUT2D eigenvalue weighted by molar-refractivity contribution is 0.0953. The van der Waals surface area contributed by atoms with Gasteiger partial charge in [-0.05, 0) is 12.1 Å². The van der Waals surface area contributed by atoms with Crippen LogP contribution in [0.5, 0.6) is 0 Å². The average molecular weight is 282 g/mol. The second kappa shape index (κ2) is 5.29. The van der Waals surface area contributed by atoms with E-state index in [0.717, 1.165) is 5.69 Å². The van der Waals surface area contributed by atoms with Crippen LogP contribution in [-0.2, 0) is 7.05 Å². The summed E-state index contributed by atoms with van der Waals surface area (Å²) in [7, 11) is 1.77. The minimum atomic E-state index is -0.792. The zero-order chi connectivity index (χ0) is 14.8. The molecule has 21 heavy (non-hydrogen) atoms. The van der Waals surface area contributed by atoms with Crippen LogP contribution in [0.15, 0.2) is 48.9 Å². The second-order valence-electron chi connectivity index (χ2n) is 4.66. The van der Waals surface area contributed by atoms with Gasteiger partial charge < -0.3 is 5.73 Å². The number of carbonyl (C=O) groups excluding carboxylic acids is 1. The monoisotopic (exact) mass is 282 g/mol. The summed E-state index contributed by atoms with van der Waals surface area (Å²) in [5, 5.41) is 11.8. The van der Waals surface area contributed by atoms with Crippen molar-refractivity contribution in [2.45, 2.75) is 6.04 Å². The highest BCUT2D eigenvalue weighted by molar-refractivity contribution is 5.99. The highest BCUT2D eigenvalue weighted by Gasteiger charge is 2.23. The Balaban J connectivity index is 1.95. The molecule has 0 fully saturated rings. The van der Waals surface area contributed by atoms with E-state index in [-0.39, 0.29) is 5.78 Å². The molecule has 2 aromatic heterocycles. The minimum Gasteiger partial charge on any atom is -0.317 e. The van der Waals surface area contributed by atoms with Crippen molar-refractivity contribution in [1.82, 2.24) is 24.8 Å². The van der Waals surface area contributed by atoms with Gasteiger partial charge >= 0.3 is 0 Å². The summed E-state index contributed by atoms with van der Waals surface area (Å²) in [5.41, 5.74) is 7.78. The molecule has 0 aliphatic rings. The normalized spacial score (nSPS) is 12.3. The van der Waals surface area contributed by atoms with Crippen molar-refractivity contribution in [2.75, 3.05) is 0 Å². The molecular formula is C14H14N6O. The summed E-state index contributed by atoms with van der Waals surface area (Å²) in [6.45, 7) is 0. The molecule has 3 rings (SSSR count). The molecule has 0 aliphatic carbocycles. The van der Waals surface area contributed by atoms with Gasteiger partial charge in [0.05, 0.1) is 24.1 Å². The maximum Gasteiger partial charge on any atom is 0.204 e. The van der Waals surface area contributed by atoms with E-state index in [2.05, 4.69) is 15.4 Å². The van der Waals surface area contributed by atoms with E-state index in [0.29, 0.717) is 11.3 Å². The topological polar surface area (TPSA) is 91.6 Å². The first-order valence-corrected chi connectivity index (χ1v) is 6.41. The smallest absolute Gasteiger partial charge is 0.204 e. The predicted octanol–water partition coefficient (Wildman–Crippen LogP) is 0.883. The molecule has 1 aromatic carbocycles. The van der Waals surface area contributed by atoms with Crippen molar-refractivity contribution in [2.24, 2.45) is 12.8 Å². The fourth-order valence-corrected chi connectivity index (χ4v) is 2.07. The minimum absolute atomic E-state index is 0.253. The Morgan fingerprint density at radius 2 is 2.00 bits per heavy atom. The Bertz CT molecular complexity index is 761. The van der Waals surface area contributed by atoms with Crippen molar-refractivity contribution in [1.29, 1.82) is 0 Å². The molecule has 0 aliphatic heterocycles. The number of para-hydroxylation sites is 1. The number of hydrogen-bond donors (Lipinski definition) is 1. The Morgan fingerprint density at radius 3 is 2.67 bits per heavy atom. The molecule has 2 N–H and O–H groups in total. The number of Topliss-reactive ketones (excluding diaryl/α,β-unsaturated/α-hetero) is 1. The third-order valence-corrected chi connectivity index (χ3v) is 3.17. The molecule has 1 unspecified atom stereocenters. The van der Waals surface area contributed by atoms with Crippen LogP contribution >= 0.6 is 0 Å². The molecule has 1 atom stereocenters. The van der Waals surface area contributed by atoms with E-state index in [1.54, 1.807) is 24.1 Å². The molecule has 0 amide bonds. The van der Waals surface area contributed by atoms with E-state index in [1.165, 1.54) is 10.9 Å². The van der Waals surface area contributed by atoms with E-state index < -0.39 is 6.04 Å². The number of aromatic nitrogens is 5. The van der Waals surface area contributed by atoms with Gasteiger partial charge in [-0.15, -0.1) is 5.10 Å². The summed E-state index contributed by atoms with van der Waals surface area (Å²) in [6.07, 6.45) is 4.73. The van der Waals surface area contributed by atoms with Crippen LogP contribution in [0.25, 0.3) is 5.69 Å². The molecular weight excluding hydrogens is 268 g/mol. The van der Waals surface area contributed by atoms with Crippen molar-refractivity contribution in [3.63, 3.8) is 0 Å². The Labute approximate surface area is 121 Å². The van der Waals surface area contributed by atoms with Crippen LogP contribution in [0, 0.1) is 0 Å². The van der Waals surface area contributed by atoms with E-state index in [4.69, 9.17) is 5.73 Å². The van der Waals surface area contributed by atoms with Crippen LogP contribution in [0.3, 0.4) is 0 Å². The van der Waals surface area contributed by atoms with E-state index >= 15 is 0 Å². The summed E-state index contributed by atoms with van der Waals surface area (Å²) < 4.78 is 3.09.